The third-order valence-electron chi connectivity index (χ3n) is 3.76. The van der Waals surface area contributed by atoms with Crippen LogP contribution in [0.5, 0.6) is 5.88 Å². The first kappa shape index (κ1) is 22.2. The van der Waals surface area contributed by atoms with Gasteiger partial charge in [0.2, 0.25) is 5.88 Å². The Morgan fingerprint density at radius 2 is 1.81 bits per heavy atom. The fourth-order valence-electron chi connectivity index (χ4n) is 2.73. The maximum absolute atomic E-state index is 5.43. The molecule has 2 N–H and O–H groups in total. The second-order valence-corrected chi connectivity index (χ2v) is 6.03. The number of halogens is 1. The number of pyridine rings is 1. The minimum atomic E-state index is 0. The molecule has 5 nitrogen and oxygen atoms in total. The quantitative estimate of drug-likeness (QED) is 0.370. The molecule has 0 aliphatic rings. The molecule has 26 heavy (non-hydrogen) atoms. The number of guanidine groups is 1. The van der Waals surface area contributed by atoms with E-state index in [0.29, 0.717) is 19.0 Å². The van der Waals surface area contributed by atoms with Gasteiger partial charge in [-0.1, -0.05) is 29.3 Å². The van der Waals surface area contributed by atoms with Crippen LogP contribution in [-0.4, -0.2) is 31.1 Å². The molecule has 0 bridgehead atoms. The van der Waals surface area contributed by atoms with Gasteiger partial charge in [-0.05, 0) is 44.4 Å². The number of hydrogen-bond donors (Lipinski definition) is 2. The fourth-order valence-corrected chi connectivity index (χ4v) is 2.73. The van der Waals surface area contributed by atoms with Gasteiger partial charge in [-0.3, -0.25) is 4.99 Å². The number of benzene rings is 1. The van der Waals surface area contributed by atoms with E-state index in [1.54, 1.807) is 13.2 Å². The topological polar surface area (TPSA) is 58.5 Å². The number of aromatic nitrogens is 1. The normalized spacial score (nSPS) is 10.8. The maximum Gasteiger partial charge on any atom is 0.213 e. The Labute approximate surface area is 173 Å². The van der Waals surface area contributed by atoms with Crippen molar-refractivity contribution < 1.29 is 4.74 Å². The molecule has 0 spiro atoms. The lowest BCUT2D eigenvalue weighted by molar-refractivity contribution is 0.326. The van der Waals surface area contributed by atoms with Gasteiger partial charge < -0.3 is 15.4 Å². The van der Waals surface area contributed by atoms with Crippen molar-refractivity contribution in [3.63, 3.8) is 0 Å². The summed E-state index contributed by atoms with van der Waals surface area (Å²) < 4.78 is 5.43. The van der Waals surface area contributed by atoms with Crippen LogP contribution in [0, 0.1) is 13.8 Å². The minimum absolute atomic E-state index is 0. The highest BCUT2D eigenvalue weighted by Crippen LogP contribution is 2.10. The Morgan fingerprint density at radius 3 is 2.46 bits per heavy atom. The Morgan fingerprint density at radius 1 is 1.08 bits per heavy atom. The number of ether oxygens (including phenoxy) is 1. The van der Waals surface area contributed by atoms with Gasteiger partial charge in [0.25, 0.3) is 0 Å². The van der Waals surface area contributed by atoms with Gasteiger partial charge in [-0.25, -0.2) is 4.98 Å². The van der Waals surface area contributed by atoms with Crippen LogP contribution in [0.2, 0.25) is 0 Å². The molecule has 0 saturated heterocycles. The van der Waals surface area contributed by atoms with Gasteiger partial charge >= 0.3 is 0 Å². The second-order valence-electron chi connectivity index (χ2n) is 6.03. The summed E-state index contributed by atoms with van der Waals surface area (Å²) in [5, 5.41) is 6.68. The lowest BCUT2D eigenvalue weighted by Gasteiger charge is -2.13. The van der Waals surface area contributed by atoms with Crippen molar-refractivity contribution in [2.24, 2.45) is 4.99 Å². The number of aliphatic imine (C=N–C) groups is 1. The highest BCUT2D eigenvalue weighted by molar-refractivity contribution is 14.0. The van der Waals surface area contributed by atoms with E-state index in [-0.39, 0.29) is 24.0 Å². The average molecular weight is 468 g/mol. The average Bonchev–Trinajstić information content (AvgIpc) is 2.58. The summed E-state index contributed by atoms with van der Waals surface area (Å²) in [6.45, 7) is 8.35. The zero-order chi connectivity index (χ0) is 18.1. The number of rotatable bonds is 7. The van der Waals surface area contributed by atoms with Gasteiger partial charge in [0.05, 0.1) is 6.61 Å². The Balaban J connectivity index is 0.00000338. The molecule has 1 aromatic carbocycles. The molecule has 1 aromatic heterocycles. The summed E-state index contributed by atoms with van der Waals surface area (Å²) >= 11 is 0. The van der Waals surface area contributed by atoms with Gasteiger partial charge in [0.1, 0.15) is 0 Å². The molecule has 0 fully saturated rings. The molecule has 0 unspecified atom stereocenters. The van der Waals surface area contributed by atoms with E-state index in [1.807, 2.05) is 19.1 Å². The van der Waals surface area contributed by atoms with Crippen LogP contribution in [0.25, 0.3) is 0 Å². The van der Waals surface area contributed by atoms with E-state index in [1.165, 1.54) is 16.7 Å². The van der Waals surface area contributed by atoms with Crippen molar-refractivity contribution >= 4 is 29.9 Å². The summed E-state index contributed by atoms with van der Waals surface area (Å²) in [6.07, 6.45) is 2.73. The highest BCUT2D eigenvalue weighted by atomic mass is 127. The summed E-state index contributed by atoms with van der Waals surface area (Å²) in [5.74, 6) is 1.44. The summed E-state index contributed by atoms with van der Waals surface area (Å²) in [5.41, 5.74) is 5.06. The zero-order valence-corrected chi connectivity index (χ0v) is 18.3. The predicted octanol–water partition coefficient (Wildman–Crippen LogP) is 3.62. The fraction of sp³-hybridized carbons (Fsp3) is 0.400. The van der Waals surface area contributed by atoms with E-state index in [0.717, 1.165) is 24.5 Å². The van der Waals surface area contributed by atoms with E-state index >= 15 is 0 Å². The second kappa shape index (κ2) is 11.7. The molecule has 0 saturated carbocycles. The molecule has 6 heteroatoms. The molecule has 1 heterocycles. The minimum Gasteiger partial charge on any atom is -0.478 e. The summed E-state index contributed by atoms with van der Waals surface area (Å²) in [7, 11) is 1.78. The molecule has 0 atom stereocenters. The van der Waals surface area contributed by atoms with Crippen LogP contribution in [0.3, 0.4) is 0 Å². The van der Waals surface area contributed by atoms with Gasteiger partial charge in [0.15, 0.2) is 5.96 Å². The SMILES string of the molecule is CCOc1cc(CNC(=NC)NCCc2cc(C)cc(C)c2)ccn1.I. The van der Waals surface area contributed by atoms with Crippen LogP contribution < -0.4 is 15.4 Å². The predicted molar refractivity (Wildman–Crippen MR) is 119 cm³/mol. The summed E-state index contributed by atoms with van der Waals surface area (Å²) in [4.78, 5) is 8.45. The lowest BCUT2D eigenvalue weighted by Crippen LogP contribution is -2.37. The van der Waals surface area contributed by atoms with Gasteiger partial charge in [-0.2, -0.15) is 0 Å². The number of aryl methyl sites for hydroxylation is 2. The Hall–Kier alpha value is -1.83. The van der Waals surface area contributed by atoms with E-state index in [2.05, 4.69) is 52.7 Å². The first-order valence-corrected chi connectivity index (χ1v) is 8.70. The molecule has 2 rings (SSSR count). The zero-order valence-electron chi connectivity index (χ0n) is 16.0. The van der Waals surface area contributed by atoms with Crippen molar-refractivity contribution in [3.05, 3.63) is 58.8 Å². The number of nitrogens with one attached hydrogen (secondary N) is 2. The van der Waals surface area contributed by atoms with Crippen molar-refractivity contribution in [1.29, 1.82) is 0 Å². The van der Waals surface area contributed by atoms with Crippen molar-refractivity contribution in [1.82, 2.24) is 15.6 Å². The molecule has 142 valence electrons. The van der Waals surface area contributed by atoms with Gasteiger partial charge in [0, 0.05) is 32.4 Å². The molecule has 2 aromatic rings. The monoisotopic (exact) mass is 468 g/mol. The Bertz CT molecular complexity index is 698. The van der Waals surface area contributed by atoms with Crippen molar-refractivity contribution in [2.75, 3.05) is 20.2 Å². The maximum atomic E-state index is 5.43. The van der Waals surface area contributed by atoms with E-state index in [4.69, 9.17) is 4.74 Å². The summed E-state index contributed by atoms with van der Waals surface area (Å²) in [6, 6.07) is 10.6. The Kier molecular flexibility index (Phi) is 10.0. The van der Waals surface area contributed by atoms with E-state index in [9.17, 15) is 0 Å². The standard InChI is InChI=1S/C20H28N4O.HI/c1-5-25-19-13-18(7-8-22-19)14-24-20(21-4)23-9-6-17-11-15(2)10-16(3)12-17;/h7-8,10-13H,5-6,9,14H2,1-4H3,(H2,21,23,24);1H. The first-order valence-electron chi connectivity index (χ1n) is 8.70. The lowest BCUT2D eigenvalue weighted by atomic mass is 10.1. The van der Waals surface area contributed by atoms with Crippen LogP contribution >= 0.6 is 24.0 Å². The van der Waals surface area contributed by atoms with Crippen LogP contribution in [0.1, 0.15) is 29.2 Å². The van der Waals surface area contributed by atoms with Crippen LogP contribution in [0.4, 0.5) is 0 Å². The van der Waals surface area contributed by atoms with Crippen molar-refractivity contribution in [2.45, 2.75) is 33.7 Å². The number of hydrogen-bond acceptors (Lipinski definition) is 3. The van der Waals surface area contributed by atoms with E-state index < -0.39 is 0 Å². The molecule has 0 aliphatic heterocycles. The largest absolute Gasteiger partial charge is 0.478 e. The molecular formula is C20H29IN4O. The van der Waals surface area contributed by atoms with Gasteiger partial charge in [-0.15, -0.1) is 24.0 Å². The molecule has 0 aliphatic carbocycles. The van der Waals surface area contributed by atoms with Crippen LogP contribution in [-0.2, 0) is 13.0 Å². The number of nitrogens with zero attached hydrogens (tertiary/aromatic N) is 2. The molecular weight excluding hydrogens is 439 g/mol. The third-order valence-corrected chi connectivity index (χ3v) is 3.76. The van der Waals surface area contributed by atoms with Crippen molar-refractivity contribution in [3.8, 4) is 5.88 Å². The smallest absolute Gasteiger partial charge is 0.213 e. The third kappa shape index (κ3) is 7.59. The highest BCUT2D eigenvalue weighted by Gasteiger charge is 2.02. The molecule has 0 amide bonds. The molecule has 0 radical (unpaired) electrons. The van der Waals surface area contributed by atoms with Crippen LogP contribution in [0.15, 0.2) is 41.5 Å². The first-order chi connectivity index (χ1) is 12.1.